The van der Waals surface area contributed by atoms with Gasteiger partial charge >= 0.3 is 0 Å². The zero-order chi connectivity index (χ0) is 11.3. The second-order valence-electron chi connectivity index (χ2n) is 4.74. The lowest BCUT2D eigenvalue weighted by atomic mass is 9.97. The van der Waals surface area contributed by atoms with Crippen molar-refractivity contribution in [3.63, 3.8) is 0 Å². The second kappa shape index (κ2) is 5.45. The van der Waals surface area contributed by atoms with Gasteiger partial charge in [0, 0.05) is 38.3 Å². The SMILES string of the molecule is COCCN1CC(C)(C)NCC1CC#N. The highest BCUT2D eigenvalue weighted by atomic mass is 16.5. The molecule has 0 aromatic rings. The van der Waals surface area contributed by atoms with Crippen molar-refractivity contribution < 1.29 is 4.74 Å². The first-order valence-electron chi connectivity index (χ1n) is 5.44. The minimum absolute atomic E-state index is 0.139. The number of piperazine rings is 1. The van der Waals surface area contributed by atoms with Crippen LogP contribution in [0.3, 0.4) is 0 Å². The normalized spacial score (nSPS) is 26.1. The molecule has 15 heavy (non-hydrogen) atoms. The molecule has 1 aliphatic rings. The Bertz CT molecular complexity index is 234. The summed E-state index contributed by atoms with van der Waals surface area (Å²) in [7, 11) is 1.71. The van der Waals surface area contributed by atoms with E-state index >= 15 is 0 Å². The Balaban J connectivity index is 2.53. The lowest BCUT2D eigenvalue weighted by Gasteiger charge is -2.43. The Hall–Kier alpha value is -0.630. The Morgan fingerprint density at radius 1 is 1.60 bits per heavy atom. The zero-order valence-corrected chi connectivity index (χ0v) is 9.92. The van der Waals surface area contributed by atoms with Crippen molar-refractivity contribution in [3.05, 3.63) is 0 Å². The zero-order valence-electron chi connectivity index (χ0n) is 9.92. The molecule has 1 unspecified atom stereocenters. The van der Waals surface area contributed by atoms with Gasteiger partial charge in [-0.15, -0.1) is 0 Å². The standard InChI is InChI=1S/C11H21N3O/c1-11(2)9-14(6-7-15-3)10(4-5-12)8-13-11/h10,13H,4,6-9H2,1-3H3. The molecule has 0 aliphatic carbocycles. The van der Waals surface area contributed by atoms with E-state index in [9.17, 15) is 0 Å². The summed E-state index contributed by atoms with van der Waals surface area (Å²) >= 11 is 0. The van der Waals surface area contributed by atoms with E-state index in [4.69, 9.17) is 10.00 Å². The maximum atomic E-state index is 8.76. The van der Waals surface area contributed by atoms with Crippen LogP contribution < -0.4 is 5.32 Å². The van der Waals surface area contributed by atoms with Crippen molar-refractivity contribution in [1.29, 1.82) is 5.26 Å². The van der Waals surface area contributed by atoms with Crippen molar-refractivity contribution >= 4 is 0 Å². The molecule has 1 saturated heterocycles. The molecular weight excluding hydrogens is 190 g/mol. The third-order valence-electron chi connectivity index (χ3n) is 2.84. The molecule has 0 aromatic heterocycles. The van der Waals surface area contributed by atoms with Gasteiger partial charge in [-0.3, -0.25) is 4.90 Å². The Morgan fingerprint density at radius 2 is 2.33 bits per heavy atom. The molecule has 0 amide bonds. The summed E-state index contributed by atoms with van der Waals surface area (Å²) in [5.41, 5.74) is 0.139. The van der Waals surface area contributed by atoms with Crippen LogP contribution in [0, 0.1) is 11.3 Å². The van der Waals surface area contributed by atoms with Crippen LogP contribution in [0.25, 0.3) is 0 Å². The van der Waals surface area contributed by atoms with Gasteiger partial charge in [0.05, 0.1) is 19.1 Å². The number of nitrogens with one attached hydrogen (secondary N) is 1. The topological polar surface area (TPSA) is 48.3 Å². The lowest BCUT2D eigenvalue weighted by molar-refractivity contribution is 0.0661. The third kappa shape index (κ3) is 3.78. The molecule has 0 spiro atoms. The Labute approximate surface area is 92.2 Å². The third-order valence-corrected chi connectivity index (χ3v) is 2.84. The predicted octanol–water partition coefficient (Wildman–Crippen LogP) is 0.599. The number of nitriles is 1. The van der Waals surface area contributed by atoms with E-state index < -0.39 is 0 Å². The van der Waals surface area contributed by atoms with Crippen LogP contribution in [-0.4, -0.2) is 49.8 Å². The largest absolute Gasteiger partial charge is 0.383 e. The van der Waals surface area contributed by atoms with Crippen LogP contribution in [0.4, 0.5) is 0 Å². The fourth-order valence-corrected chi connectivity index (χ4v) is 1.99. The van der Waals surface area contributed by atoms with Crippen molar-refractivity contribution in [2.45, 2.75) is 31.8 Å². The molecule has 4 heteroatoms. The molecule has 1 heterocycles. The minimum atomic E-state index is 0.139. The van der Waals surface area contributed by atoms with Gasteiger partial charge in [0.2, 0.25) is 0 Å². The number of ether oxygens (including phenoxy) is 1. The van der Waals surface area contributed by atoms with Gasteiger partial charge in [0.15, 0.2) is 0 Å². The average Bonchev–Trinajstić information content (AvgIpc) is 2.18. The Morgan fingerprint density at radius 3 is 2.93 bits per heavy atom. The highest BCUT2D eigenvalue weighted by molar-refractivity contribution is 4.95. The van der Waals surface area contributed by atoms with Gasteiger partial charge in [-0.2, -0.15) is 5.26 Å². The highest BCUT2D eigenvalue weighted by Gasteiger charge is 2.31. The van der Waals surface area contributed by atoms with E-state index in [1.165, 1.54) is 0 Å². The van der Waals surface area contributed by atoms with E-state index in [0.29, 0.717) is 12.5 Å². The molecule has 0 radical (unpaired) electrons. The summed E-state index contributed by atoms with van der Waals surface area (Å²) in [5, 5.41) is 12.2. The lowest BCUT2D eigenvalue weighted by Crippen LogP contribution is -2.61. The molecule has 1 atom stereocenters. The van der Waals surface area contributed by atoms with Crippen molar-refractivity contribution in [2.24, 2.45) is 0 Å². The molecule has 1 rings (SSSR count). The van der Waals surface area contributed by atoms with Gasteiger partial charge in [0.25, 0.3) is 0 Å². The van der Waals surface area contributed by atoms with Gasteiger partial charge in [-0.1, -0.05) is 0 Å². The van der Waals surface area contributed by atoms with Crippen LogP contribution in [0.2, 0.25) is 0 Å². The summed E-state index contributed by atoms with van der Waals surface area (Å²) in [6, 6.07) is 2.58. The quantitative estimate of drug-likeness (QED) is 0.739. The highest BCUT2D eigenvalue weighted by Crippen LogP contribution is 2.16. The molecule has 0 aromatic carbocycles. The summed E-state index contributed by atoms with van der Waals surface area (Å²) in [5.74, 6) is 0. The molecule has 0 saturated carbocycles. The number of rotatable bonds is 4. The van der Waals surface area contributed by atoms with Crippen LogP contribution in [0.15, 0.2) is 0 Å². The average molecular weight is 211 g/mol. The smallest absolute Gasteiger partial charge is 0.0638 e. The fourth-order valence-electron chi connectivity index (χ4n) is 1.99. The number of nitrogens with zero attached hydrogens (tertiary/aromatic N) is 2. The number of hydrogen-bond acceptors (Lipinski definition) is 4. The molecule has 4 nitrogen and oxygen atoms in total. The summed E-state index contributed by atoms with van der Waals surface area (Å²) in [6.45, 7) is 7.89. The molecule has 86 valence electrons. The first-order valence-corrected chi connectivity index (χ1v) is 5.44. The van der Waals surface area contributed by atoms with Gasteiger partial charge in [-0.05, 0) is 13.8 Å². The maximum absolute atomic E-state index is 8.76. The van der Waals surface area contributed by atoms with Crippen LogP contribution >= 0.6 is 0 Å². The van der Waals surface area contributed by atoms with Crippen LogP contribution in [-0.2, 0) is 4.74 Å². The summed E-state index contributed by atoms with van der Waals surface area (Å²) in [4.78, 5) is 2.35. The first kappa shape index (κ1) is 12.4. The van der Waals surface area contributed by atoms with E-state index in [1.807, 2.05) is 0 Å². The minimum Gasteiger partial charge on any atom is -0.383 e. The second-order valence-corrected chi connectivity index (χ2v) is 4.74. The van der Waals surface area contributed by atoms with Gasteiger partial charge < -0.3 is 10.1 Å². The molecule has 1 fully saturated rings. The molecular formula is C11H21N3O. The van der Waals surface area contributed by atoms with Crippen LogP contribution in [0.5, 0.6) is 0 Å². The number of hydrogen-bond donors (Lipinski definition) is 1. The van der Waals surface area contributed by atoms with E-state index in [-0.39, 0.29) is 5.54 Å². The van der Waals surface area contributed by atoms with Crippen molar-refractivity contribution in [2.75, 3.05) is 33.4 Å². The molecule has 0 bridgehead atoms. The van der Waals surface area contributed by atoms with Gasteiger partial charge in [0.1, 0.15) is 0 Å². The summed E-state index contributed by atoms with van der Waals surface area (Å²) < 4.78 is 5.09. The first-order chi connectivity index (χ1) is 7.09. The fraction of sp³-hybridized carbons (Fsp3) is 0.909. The van der Waals surface area contributed by atoms with Crippen molar-refractivity contribution in [3.8, 4) is 6.07 Å². The van der Waals surface area contributed by atoms with E-state index in [1.54, 1.807) is 7.11 Å². The summed E-state index contributed by atoms with van der Waals surface area (Å²) in [6.07, 6.45) is 0.590. The van der Waals surface area contributed by atoms with Crippen LogP contribution in [0.1, 0.15) is 20.3 Å². The van der Waals surface area contributed by atoms with E-state index in [0.717, 1.165) is 26.2 Å². The van der Waals surface area contributed by atoms with Gasteiger partial charge in [-0.25, -0.2) is 0 Å². The molecule has 1 aliphatic heterocycles. The molecule has 1 N–H and O–H groups in total. The number of methoxy groups -OCH3 is 1. The maximum Gasteiger partial charge on any atom is 0.0638 e. The van der Waals surface area contributed by atoms with E-state index in [2.05, 4.69) is 30.1 Å². The predicted molar refractivity (Wildman–Crippen MR) is 59.5 cm³/mol. The monoisotopic (exact) mass is 211 g/mol. The Kier molecular flexibility index (Phi) is 4.52. The van der Waals surface area contributed by atoms with Crippen molar-refractivity contribution in [1.82, 2.24) is 10.2 Å².